The first-order chi connectivity index (χ1) is 10.4. The van der Waals surface area contributed by atoms with Gasteiger partial charge < -0.3 is 11.5 Å². The van der Waals surface area contributed by atoms with Crippen molar-refractivity contribution in [3.8, 4) is 11.1 Å². The number of hydrogen-bond acceptors (Lipinski definition) is 2. The van der Waals surface area contributed by atoms with Gasteiger partial charge in [0, 0.05) is 17.9 Å². The maximum atomic E-state index is 6.27. The van der Waals surface area contributed by atoms with Gasteiger partial charge in [-0.25, -0.2) is 0 Å². The van der Waals surface area contributed by atoms with Crippen LogP contribution < -0.4 is 11.5 Å². The summed E-state index contributed by atoms with van der Waals surface area (Å²) in [5, 5.41) is 0. The van der Waals surface area contributed by atoms with Crippen molar-refractivity contribution >= 4 is 75.1 Å². The minimum absolute atomic E-state index is 0.814. The molecule has 0 saturated carbocycles. The highest BCUT2D eigenvalue weighted by molar-refractivity contribution is 9.11. The van der Waals surface area contributed by atoms with Crippen molar-refractivity contribution in [2.24, 2.45) is 0 Å². The Morgan fingerprint density at radius 2 is 0.727 bits per heavy atom. The molecule has 2 aliphatic rings. The molecule has 0 aromatic heterocycles. The lowest BCUT2D eigenvalue weighted by molar-refractivity contribution is 0.864. The maximum absolute atomic E-state index is 6.27. The minimum Gasteiger partial charge on any atom is -0.397 e. The summed E-state index contributed by atoms with van der Waals surface area (Å²) in [5.41, 5.74) is 22.2. The molecule has 0 amide bonds. The maximum Gasteiger partial charge on any atom is 0.0608 e. The average molecular weight is 552 g/mol. The molecule has 22 heavy (non-hydrogen) atoms. The molecule has 2 aromatic carbocycles. The topological polar surface area (TPSA) is 52.0 Å². The van der Waals surface area contributed by atoms with Crippen molar-refractivity contribution in [3.05, 3.63) is 40.1 Å². The molecule has 0 radical (unpaired) electrons. The van der Waals surface area contributed by atoms with Gasteiger partial charge in [0.05, 0.1) is 11.4 Å². The third-order valence-electron chi connectivity index (χ3n) is 4.71. The first kappa shape index (κ1) is 15.5. The van der Waals surface area contributed by atoms with E-state index in [-0.39, 0.29) is 0 Å². The molecule has 114 valence electrons. The van der Waals surface area contributed by atoms with Crippen LogP contribution in [-0.4, -0.2) is 0 Å². The van der Waals surface area contributed by atoms with Crippen LogP contribution in [0.15, 0.2) is 17.9 Å². The molecule has 4 rings (SSSR count). The second-order valence-electron chi connectivity index (χ2n) is 5.75. The number of anilines is 2. The lowest BCUT2D eigenvalue weighted by Gasteiger charge is -2.33. The minimum atomic E-state index is 0.814. The first-order valence-corrected chi connectivity index (χ1v) is 10.2. The summed E-state index contributed by atoms with van der Waals surface area (Å²) in [6.45, 7) is 0. The highest BCUT2D eigenvalue weighted by Crippen LogP contribution is 2.54. The van der Waals surface area contributed by atoms with Crippen LogP contribution in [0.2, 0.25) is 0 Å². The number of nitrogen functional groups attached to an aromatic ring is 2. The van der Waals surface area contributed by atoms with Crippen LogP contribution in [-0.2, 0) is 25.7 Å². The fourth-order valence-corrected chi connectivity index (χ4v) is 6.60. The second kappa shape index (κ2) is 5.23. The standard InChI is InChI=1S/C16H12Br4N2/c17-11-5-1-2-6-10-8(14(20)16(22)12(6)18)4-3-7(9(5)10)13(19)15(11)21/h1-4,21-22H2. The second-order valence-corrected chi connectivity index (χ2v) is 8.92. The Balaban J connectivity index is 2.20. The molecule has 0 bridgehead atoms. The van der Waals surface area contributed by atoms with Gasteiger partial charge in [-0.1, -0.05) is 0 Å². The van der Waals surface area contributed by atoms with Gasteiger partial charge in [-0.05, 0) is 123 Å². The van der Waals surface area contributed by atoms with Crippen molar-refractivity contribution < 1.29 is 0 Å². The van der Waals surface area contributed by atoms with Crippen LogP contribution in [0, 0.1) is 0 Å². The van der Waals surface area contributed by atoms with Crippen molar-refractivity contribution in [1.29, 1.82) is 0 Å². The number of nitrogens with two attached hydrogens (primary N) is 2. The molecule has 0 saturated heterocycles. The molecule has 0 aliphatic heterocycles. The highest BCUT2D eigenvalue weighted by Gasteiger charge is 2.33. The fourth-order valence-electron chi connectivity index (χ4n) is 3.69. The van der Waals surface area contributed by atoms with Gasteiger partial charge >= 0.3 is 0 Å². The van der Waals surface area contributed by atoms with Crippen molar-refractivity contribution in [1.82, 2.24) is 0 Å². The number of rotatable bonds is 0. The van der Waals surface area contributed by atoms with Gasteiger partial charge in [0.1, 0.15) is 0 Å². The lowest BCUT2D eigenvalue weighted by atomic mass is 9.75. The number of halogens is 4. The van der Waals surface area contributed by atoms with Gasteiger partial charge in [0.2, 0.25) is 0 Å². The van der Waals surface area contributed by atoms with E-state index in [1.807, 2.05) is 0 Å². The average Bonchev–Trinajstić information content (AvgIpc) is 2.53. The Bertz CT molecular complexity index is 725. The molecule has 2 nitrogen and oxygen atoms in total. The lowest BCUT2D eigenvalue weighted by Crippen LogP contribution is -2.18. The zero-order valence-corrected chi connectivity index (χ0v) is 17.8. The zero-order chi connectivity index (χ0) is 15.8. The molecule has 0 fully saturated rings. The molecule has 4 N–H and O–H groups in total. The summed E-state index contributed by atoms with van der Waals surface area (Å²) >= 11 is 14.8. The van der Waals surface area contributed by atoms with E-state index < -0.39 is 0 Å². The molecule has 0 unspecified atom stereocenters. The predicted octanol–water partition coefficient (Wildman–Crippen LogP) is 5.77. The number of hydrogen-bond donors (Lipinski definition) is 2. The van der Waals surface area contributed by atoms with E-state index in [0.717, 1.165) is 54.9 Å². The molecule has 2 aromatic rings. The molecular weight excluding hydrogens is 540 g/mol. The van der Waals surface area contributed by atoms with Gasteiger partial charge in [0.25, 0.3) is 0 Å². The third-order valence-corrected chi connectivity index (χ3v) is 8.34. The summed E-state index contributed by atoms with van der Waals surface area (Å²) in [7, 11) is 0. The fraction of sp³-hybridized carbons (Fsp3) is 0.250. The van der Waals surface area contributed by atoms with E-state index >= 15 is 0 Å². The number of benzene rings is 2. The molecule has 0 spiro atoms. The van der Waals surface area contributed by atoms with Gasteiger partial charge in [-0.15, -0.1) is 0 Å². The van der Waals surface area contributed by atoms with Crippen LogP contribution >= 0.6 is 63.7 Å². The van der Waals surface area contributed by atoms with E-state index in [1.165, 1.54) is 33.4 Å². The van der Waals surface area contributed by atoms with Crippen LogP contribution in [0.4, 0.5) is 11.4 Å². The van der Waals surface area contributed by atoms with Gasteiger partial charge in [0.15, 0.2) is 0 Å². The smallest absolute Gasteiger partial charge is 0.0608 e. The SMILES string of the molecule is Nc1c(Br)c2c3c(c1Br)CCc1c(Br)c(N)c(Br)c(c1-3)CC2. The molecule has 2 aliphatic carbocycles. The summed E-state index contributed by atoms with van der Waals surface area (Å²) in [6.07, 6.45) is 3.91. The summed E-state index contributed by atoms with van der Waals surface area (Å²) in [5.74, 6) is 0. The summed E-state index contributed by atoms with van der Waals surface area (Å²) in [6, 6.07) is 0. The Kier molecular flexibility index (Phi) is 3.68. The van der Waals surface area contributed by atoms with E-state index in [0.29, 0.717) is 0 Å². The first-order valence-electron chi connectivity index (χ1n) is 7.00. The van der Waals surface area contributed by atoms with Crippen molar-refractivity contribution in [3.63, 3.8) is 0 Å². The van der Waals surface area contributed by atoms with Gasteiger partial charge in [-0.2, -0.15) is 0 Å². The Morgan fingerprint density at radius 3 is 0.955 bits per heavy atom. The predicted molar refractivity (Wildman–Crippen MR) is 106 cm³/mol. The van der Waals surface area contributed by atoms with Crippen LogP contribution in [0.3, 0.4) is 0 Å². The van der Waals surface area contributed by atoms with Crippen LogP contribution in [0.25, 0.3) is 11.1 Å². The third kappa shape index (κ3) is 1.87. The highest BCUT2D eigenvalue weighted by atomic mass is 79.9. The Morgan fingerprint density at radius 1 is 0.500 bits per heavy atom. The zero-order valence-electron chi connectivity index (χ0n) is 11.5. The summed E-state index contributed by atoms with van der Waals surface area (Å²) < 4.78 is 4.11. The van der Waals surface area contributed by atoms with E-state index in [1.54, 1.807) is 0 Å². The van der Waals surface area contributed by atoms with Crippen LogP contribution in [0.1, 0.15) is 22.3 Å². The van der Waals surface area contributed by atoms with E-state index in [9.17, 15) is 0 Å². The molecule has 0 heterocycles. The Labute approximate surface area is 162 Å². The van der Waals surface area contributed by atoms with Crippen LogP contribution in [0.5, 0.6) is 0 Å². The molecule has 6 heteroatoms. The molecule has 0 atom stereocenters. The van der Waals surface area contributed by atoms with Crippen molar-refractivity contribution in [2.45, 2.75) is 25.7 Å². The Hall–Kier alpha value is -0.0400. The quantitative estimate of drug-likeness (QED) is 0.409. The monoisotopic (exact) mass is 548 g/mol. The summed E-state index contributed by atoms with van der Waals surface area (Å²) in [4.78, 5) is 0. The van der Waals surface area contributed by atoms with Gasteiger partial charge in [-0.3, -0.25) is 0 Å². The molecular formula is C16H12Br4N2. The largest absolute Gasteiger partial charge is 0.397 e. The normalized spacial score (nSPS) is 14.9. The van der Waals surface area contributed by atoms with E-state index in [2.05, 4.69) is 63.7 Å². The van der Waals surface area contributed by atoms with E-state index in [4.69, 9.17) is 11.5 Å². The van der Waals surface area contributed by atoms with Crippen molar-refractivity contribution in [2.75, 3.05) is 11.5 Å².